The first-order valence-electron chi connectivity index (χ1n) is 9.64. The number of hydrogen-bond donors (Lipinski definition) is 1. The molecule has 3 aromatic rings. The Kier molecular flexibility index (Phi) is 5.59. The number of aromatic nitrogens is 1. The lowest BCUT2D eigenvalue weighted by Gasteiger charge is -2.13. The van der Waals surface area contributed by atoms with Crippen LogP contribution in [0.1, 0.15) is 34.0 Å². The van der Waals surface area contributed by atoms with Crippen LogP contribution in [0, 0.1) is 6.92 Å². The van der Waals surface area contributed by atoms with Gasteiger partial charge < -0.3 is 14.8 Å². The number of nitrogens with zero attached hydrogens (tertiary/aromatic N) is 1. The molecule has 30 heavy (non-hydrogen) atoms. The summed E-state index contributed by atoms with van der Waals surface area (Å²) in [6.07, 6.45) is 0.0862. The number of methoxy groups -OCH3 is 1. The van der Waals surface area contributed by atoms with E-state index >= 15 is 0 Å². The molecule has 1 fully saturated rings. The highest BCUT2D eigenvalue weighted by Crippen LogP contribution is 2.36. The molecule has 0 bridgehead atoms. The lowest BCUT2D eigenvalue weighted by atomic mass is 9.92. The smallest absolute Gasteiger partial charge is 0.313 e. The number of benzene rings is 2. The van der Waals surface area contributed by atoms with Crippen LogP contribution in [0.15, 0.2) is 48.5 Å². The molecule has 1 amide bonds. The average Bonchev–Trinajstić information content (AvgIpc) is 3.12. The third-order valence-electron chi connectivity index (χ3n) is 5.21. The van der Waals surface area contributed by atoms with E-state index in [1.807, 2.05) is 31.2 Å². The monoisotopic (exact) mass is 424 g/mol. The maximum Gasteiger partial charge on any atom is 0.313 e. The second-order valence-corrected chi connectivity index (χ2v) is 7.74. The van der Waals surface area contributed by atoms with E-state index in [0.717, 1.165) is 22.2 Å². The molecule has 6 nitrogen and oxygen atoms in total. The Bertz CT molecular complexity index is 1110. The van der Waals surface area contributed by atoms with Gasteiger partial charge in [0.05, 0.1) is 25.1 Å². The Balaban J connectivity index is 1.51. The standard InChI is InChI=1S/C23H21ClN2O4/c1-13-9-18(19-10-16(29-2)7-8-21(19)26-13)20-11-17(30-23(20)28)12-25-22(27)14-3-5-15(24)6-4-14/h3-10,17,20H,11-12H2,1-2H3,(H,25,27). The molecule has 0 radical (unpaired) electrons. The molecule has 1 aliphatic heterocycles. The molecule has 1 saturated heterocycles. The SMILES string of the molecule is COc1ccc2nc(C)cc(C3CC(CNC(=O)c4ccc(Cl)cc4)OC3=O)c2c1. The minimum atomic E-state index is -0.418. The van der Waals surface area contributed by atoms with Crippen molar-refractivity contribution in [3.8, 4) is 5.75 Å². The van der Waals surface area contributed by atoms with Crippen LogP contribution >= 0.6 is 11.6 Å². The summed E-state index contributed by atoms with van der Waals surface area (Å²) < 4.78 is 10.9. The predicted octanol–water partition coefficient (Wildman–Crippen LogP) is 4.03. The van der Waals surface area contributed by atoms with Crippen LogP contribution in [0.3, 0.4) is 0 Å². The molecule has 1 aromatic heterocycles. The number of ether oxygens (including phenoxy) is 2. The highest BCUT2D eigenvalue weighted by Gasteiger charge is 2.37. The van der Waals surface area contributed by atoms with E-state index in [9.17, 15) is 9.59 Å². The van der Waals surface area contributed by atoms with Gasteiger partial charge in [0.2, 0.25) is 0 Å². The summed E-state index contributed by atoms with van der Waals surface area (Å²) in [5.74, 6) is -0.247. The van der Waals surface area contributed by atoms with Crippen molar-refractivity contribution in [1.82, 2.24) is 10.3 Å². The molecule has 4 rings (SSSR count). The van der Waals surface area contributed by atoms with Gasteiger partial charge >= 0.3 is 5.97 Å². The van der Waals surface area contributed by atoms with Gasteiger partial charge in [0, 0.05) is 28.1 Å². The molecule has 7 heteroatoms. The first kappa shape index (κ1) is 20.2. The third kappa shape index (κ3) is 4.09. The fourth-order valence-corrected chi connectivity index (χ4v) is 3.85. The first-order valence-corrected chi connectivity index (χ1v) is 10.0. The van der Waals surface area contributed by atoms with Crippen LogP contribution in [0.25, 0.3) is 10.9 Å². The van der Waals surface area contributed by atoms with Crippen LogP contribution in [-0.4, -0.2) is 36.6 Å². The zero-order valence-electron chi connectivity index (χ0n) is 16.6. The van der Waals surface area contributed by atoms with Crippen LogP contribution in [0.2, 0.25) is 5.02 Å². The molecule has 0 saturated carbocycles. The van der Waals surface area contributed by atoms with Gasteiger partial charge in [0.1, 0.15) is 11.9 Å². The predicted molar refractivity (Wildman–Crippen MR) is 114 cm³/mol. The number of hydrogen-bond acceptors (Lipinski definition) is 5. The van der Waals surface area contributed by atoms with Crippen LogP contribution < -0.4 is 10.1 Å². The highest BCUT2D eigenvalue weighted by molar-refractivity contribution is 6.30. The molecule has 1 aliphatic rings. The fourth-order valence-electron chi connectivity index (χ4n) is 3.73. The van der Waals surface area contributed by atoms with E-state index in [-0.39, 0.29) is 18.4 Å². The number of cyclic esters (lactones) is 1. The van der Waals surface area contributed by atoms with Crippen LogP contribution in [-0.2, 0) is 9.53 Å². The first-order chi connectivity index (χ1) is 14.4. The van der Waals surface area contributed by atoms with E-state index in [2.05, 4.69) is 10.3 Å². The van der Waals surface area contributed by atoms with Crippen LogP contribution in [0.5, 0.6) is 5.75 Å². The molecular weight excluding hydrogens is 404 g/mol. The Morgan fingerprint density at radius 1 is 1.23 bits per heavy atom. The number of amides is 1. The summed E-state index contributed by atoms with van der Waals surface area (Å²) in [6.45, 7) is 2.15. The number of rotatable bonds is 5. The van der Waals surface area contributed by atoms with Crippen molar-refractivity contribution in [1.29, 1.82) is 0 Å². The summed E-state index contributed by atoms with van der Waals surface area (Å²) in [5.41, 5.74) is 3.00. The number of carbonyl (C=O) groups is 2. The Labute approximate surface area is 179 Å². The Morgan fingerprint density at radius 3 is 2.73 bits per heavy atom. The lowest BCUT2D eigenvalue weighted by molar-refractivity contribution is -0.142. The van der Waals surface area contributed by atoms with Gasteiger partial charge in [-0.25, -0.2) is 0 Å². The van der Waals surface area contributed by atoms with Gasteiger partial charge in [-0.05, 0) is 61.0 Å². The van der Waals surface area contributed by atoms with Gasteiger partial charge in [-0.3, -0.25) is 14.6 Å². The highest BCUT2D eigenvalue weighted by atomic mass is 35.5. The van der Waals surface area contributed by atoms with E-state index in [1.54, 1.807) is 31.4 Å². The number of nitrogens with one attached hydrogen (secondary N) is 1. The van der Waals surface area contributed by atoms with Crippen molar-refractivity contribution in [3.05, 3.63) is 70.4 Å². The van der Waals surface area contributed by atoms with Gasteiger partial charge in [-0.15, -0.1) is 0 Å². The normalized spacial score (nSPS) is 18.3. The second-order valence-electron chi connectivity index (χ2n) is 7.30. The van der Waals surface area contributed by atoms with Gasteiger partial charge in [-0.2, -0.15) is 0 Å². The summed E-state index contributed by atoms with van der Waals surface area (Å²) >= 11 is 5.86. The fraction of sp³-hybridized carbons (Fsp3) is 0.261. The Morgan fingerprint density at radius 2 is 2.00 bits per heavy atom. The minimum Gasteiger partial charge on any atom is -0.497 e. The number of carbonyl (C=O) groups excluding carboxylic acids is 2. The number of aryl methyl sites for hydroxylation is 1. The average molecular weight is 425 g/mol. The summed E-state index contributed by atoms with van der Waals surface area (Å²) in [7, 11) is 1.60. The maximum absolute atomic E-state index is 12.6. The van der Waals surface area contributed by atoms with Gasteiger partial charge in [0.15, 0.2) is 0 Å². The van der Waals surface area contributed by atoms with E-state index in [4.69, 9.17) is 21.1 Å². The molecular formula is C23H21ClN2O4. The molecule has 0 spiro atoms. The molecule has 2 unspecified atom stereocenters. The van der Waals surface area contributed by atoms with Crippen molar-refractivity contribution >= 4 is 34.4 Å². The van der Waals surface area contributed by atoms with Crippen molar-refractivity contribution in [2.75, 3.05) is 13.7 Å². The van der Waals surface area contributed by atoms with Crippen molar-refractivity contribution < 1.29 is 19.1 Å². The van der Waals surface area contributed by atoms with Crippen molar-refractivity contribution in [2.45, 2.75) is 25.4 Å². The molecule has 1 N–H and O–H groups in total. The lowest BCUT2D eigenvalue weighted by Crippen LogP contribution is -2.32. The third-order valence-corrected chi connectivity index (χ3v) is 5.47. The number of pyridine rings is 1. The van der Waals surface area contributed by atoms with E-state index < -0.39 is 12.0 Å². The number of halogens is 1. The molecule has 2 heterocycles. The molecule has 2 atom stereocenters. The quantitative estimate of drug-likeness (QED) is 0.625. The zero-order valence-corrected chi connectivity index (χ0v) is 17.4. The summed E-state index contributed by atoms with van der Waals surface area (Å²) in [6, 6.07) is 14.2. The van der Waals surface area contributed by atoms with Gasteiger partial charge in [-0.1, -0.05) is 11.6 Å². The summed E-state index contributed by atoms with van der Waals surface area (Å²) in [4.78, 5) is 29.5. The molecule has 154 valence electrons. The largest absolute Gasteiger partial charge is 0.497 e. The topological polar surface area (TPSA) is 77.5 Å². The zero-order chi connectivity index (χ0) is 21.3. The summed E-state index contributed by atoms with van der Waals surface area (Å²) in [5, 5.41) is 4.26. The molecule has 0 aliphatic carbocycles. The second kappa shape index (κ2) is 8.32. The van der Waals surface area contributed by atoms with Gasteiger partial charge in [0.25, 0.3) is 5.91 Å². The minimum absolute atomic E-state index is 0.235. The number of esters is 1. The van der Waals surface area contributed by atoms with Crippen LogP contribution in [0.4, 0.5) is 0 Å². The van der Waals surface area contributed by atoms with E-state index in [0.29, 0.717) is 22.8 Å². The van der Waals surface area contributed by atoms with Crippen molar-refractivity contribution in [2.24, 2.45) is 0 Å². The van der Waals surface area contributed by atoms with E-state index in [1.165, 1.54) is 0 Å². The maximum atomic E-state index is 12.6. The molecule has 2 aromatic carbocycles. The number of fused-ring (bicyclic) bond motifs is 1. The van der Waals surface area contributed by atoms with Crippen molar-refractivity contribution in [3.63, 3.8) is 0 Å². The Hall–Kier alpha value is -3.12.